The number of carbonyl (C=O) groups is 2. The molecule has 2 aromatic rings. The van der Waals surface area contributed by atoms with E-state index in [2.05, 4.69) is 10.6 Å². The van der Waals surface area contributed by atoms with Crippen molar-refractivity contribution in [2.45, 2.75) is 44.6 Å². The summed E-state index contributed by atoms with van der Waals surface area (Å²) in [5.41, 5.74) is 2.04. The predicted molar refractivity (Wildman–Crippen MR) is 99.6 cm³/mol. The van der Waals surface area contributed by atoms with E-state index in [0.29, 0.717) is 17.7 Å². The first-order valence-corrected chi connectivity index (χ1v) is 8.96. The highest BCUT2D eigenvalue weighted by atomic mass is 16.2. The largest absolute Gasteiger partial charge is 0.349 e. The van der Waals surface area contributed by atoms with Gasteiger partial charge in [0.25, 0.3) is 5.91 Å². The third-order valence-corrected chi connectivity index (χ3v) is 4.59. The van der Waals surface area contributed by atoms with Crippen LogP contribution in [0.1, 0.15) is 48.0 Å². The SMILES string of the molecule is O=C(Cc1ccccc1)Nc1ccccc1C(=O)NC1CCCCC1. The Hall–Kier alpha value is -2.62. The molecule has 4 heteroatoms. The van der Waals surface area contributed by atoms with Crippen molar-refractivity contribution in [3.05, 3.63) is 65.7 Å². The lowest BCUT2D eigenvalue weighted by Gasteiger charge is -2.23. The number of hydrogen-bond acceptors (Lipinski definition) is 2. The molecule has 1 aliphatic rings. The summed E-state index contributed by atoms with van der Waals surface area (Å²) >= 11 is 0. The lowest BCUT2D eigenvalue weighted by Crippen LogP contribution is -2.36. The summed E-state index contributed by atoms with van der Waals surface area (Å²) < 4.78 is 0. The first kappa shape index (κ1) is 17.2. The summed E-state index contributed by atoms with van der Waals surface area (Å²) in [5.74, 6) is -0.230. The average Bonchev–Trinajstić information content (AvgIpc) is 2.63. The van der Waals surface area contributed by atoms with Crippen molar-refractivity contribution in [1.29, 1.82) is 0 Å². The molecule has 0 atom stereocenters. The number of rotatable bonds is 5. The maximum absolute atomic E-state index is 12.6. The highest BCUT2D eigenvalue weighted by Crippen LogP contribution is 2.20. The van der Waals surface area contributed by atoms with Crippen molar-refractivity contribution < 1.29 is 9.59 Å². The topological polar surface area (TPSA) is 58.2 Å². The van der Waals surface area contributed by atoms with Gasteiger partial charge in [0.05, 0.1) is 17.7 Å². The van der Waals surface area contributed by atoms with Crippen LogP contribution in [-0.4, -0.2) is 17.9 Å². The molecule has 0 heterocycles. The number of para-hydroxylation sites is 1. The van der Waals surface area contributed by atoms with Crippen LogP contribution in [0.4, 0.5) is 5.69 Å². The van der Waals surface area contributed by atoms with Gasteiger partial charge in [-0.1, -0.05) is 61.7 Å². The predicted octanol–water partition coefficient (Wildman–Crippen LogP) is 3.93. The van der Waals surface area contributed by atoms with E-state index < -0.39 is 0 Å². The minimum absolute atomic E-state index is 0.109. The van der Waals surface area contributed by atoms with Gasteiger partial charge in [-0.25, -0.2) is 0 Å². The van der Waals surface area contributed by atoms with Gasteiger partial charge in [0.15, 0.2) is 0 Å². The van der Waals surface area contributed by atoms with Crippen LogP contribution in [0.5, 0.6) is 0 Å². The molecule has 3 rings (SSSR count). The molecule has 2 amide bonds. The number of nitrogens with one attached hydrogen (secondary N) is 2. The van der Waals surface area contributed by atoms with Gasteiger partial charge in [0, 0.05) is 6.04 Å². The molecule has 0 aliphatic heterocycles. The summed E-state index contributed by atoms with van der Waals surface area (Å²) in [6.07, 6.45) is 5.95. The number of hydrogen-bond donors (Lipinski definition) is 2. The third kappa shape index (κ3) is 4.92. The molecular weight excluding hydrogens is 312 g/mol. The van der Waals surface area contributed by atoms with Gasteiger partial charge in [0.1, 0.15) is 0 Å². The molecule has 4 nitrogen and oxygen atoms in total. The minimum atomic E-state index is -0.121. The van der Waals surface area contributed by atoms with Crippen molar-refractivity contribution >= 4 is 17.5 Å². The molecule has 0 saturated heterocycles. The Balaban J connectivity index is 1.65. The third-order valence-electron chi connectivity index (χ3n) is 4.59. The maximum atomic E-state index is 12.6. The van der Waals surface area contributed by atoms with Crippen LogP contribution >= 0.6 is 0 Å². The van der Waals surface area contributed by atoms with Gasteiger partial charge in [-0.2, -0.15) is 0 Å². The van der Waals surface area contributed by atoms with Crippen LogP contribution in [0.25, 0.3) is 0 Å². The van der Waals surface area contributed by atoms with E-state index in [1.54, 1.807) is 12.1 Å². The molecule has 0 bridgehead atoms. The maximum Gasteiger partial charge on any atom is 0.253 e. The van der Waals surface area contributed by atoms with Crippen molar-refractivity contribution in [2.75, 3.05) is 5.32 Å². The lowest BCUT2D eigenvalue weighted by molar-refractivity contribution is -0.115. The summed E-state index contributed by atoms with van der Waals surface area (Å²) in [6, 6.07) is 17.0. The molecule has 25 heavy (non-hydrogen) atoms. The van der Waals surface area contributed by atoms with Crippen LogP contribution in [0.15, 0.2) is 54.6 Å². The lowest BCUT2D eigenvalue weighted by atomic mass is 9.95. The first-order valence-electron chi connectivity index (χ1n) is 8.96. The number of benzene rings is 2. The van der Waals surface area contributed by atoms with Crippen LogP contribution in [0.2, 0.25) is 0 Å². The second-order valence-corrected chi connectivity index (χ2v) is 6.56. The zero-order valence-electron chi connectivity index (χ0n) is 14.3. The molecule has 0 radical (unpaired) electrons. The molecule has 1 saturated carbocycles. The quantitative estimate of drug-likeness (QED) is 0.869. The molecule has 1 aliphatic carbocycles. The molecule has 130 valence electrons. The molecule has 2 N–H and O–H groups in total. The molecule has 0 spiro atoms. The second kappa shape index (κ2) is 8.47. The fourth-order valence-electron chi connectivity index (χ4n) is 3.28. The van der Waals surface area contributed by atoms with Crippen molar-refractivity contribution in [2.24, 2.45) is 0 Å². The summed E-state index contributed by atoms with van der Waals surface area (Å²) in [4.78, 5) is 24.9. The Bertz CT molecular complexity index is 722. The van der Waals surface area contributed by atoms with Gasteiger partial charge < -0.3 is 10.6 Å². The van der Waals surface area contributed by atoms with Gasteiger partial charge in [-0.05, 0) is 30.5 Å². The zero-order chi connectivity index (χ0) is 17.5. The van der Waals surface area contributed by atoms with E-state index in [1.807, 2.05) is 42.5 Å². The summed E-state index contributed by atoms with van der Waals surface area (Å²) in [5, 5.41) is 5.99. The first-order chi connectivity index (χ1) is 12.2. The van der Waals surface area contributed by atoms with E-state index in [-0.39, 0.29) is 17.9 Å². The highest BCUT2D eigenvalue weighted by Gasteiger charge is 2.19. The molecule has 1 fully saturated rings. The summed E-state index contributed by atoms with van der Waals surface area (Å²) in [7, 11) is 0. The molecular formula is C21H24N2O2. The summed E-state index contributed by atoms with van der Waals surface area (Å²) in [6.45, 7) is 0. The Morgan fingerprint density at radius 2 is 1.56 bits per heavy atom. The van der Waals surface area contributed by atoms with Gasteiger partial charge in [-0.3, -0.25) is 9.59 Å². The molecule has 2 aromatic carbocycles. The highest BCUT2D eigenvalue weighted by molar-refractivity contribution is 6.04. The van der Waals surface area contributed by atoms with E-state index in [4.69, 9.17) is 0 Å². The smallest absolute Gasteiger partial charge is 0.253 e. The normalized spacial score (nSPS) is 14.7. The van der Waals surface area contributed by atoms with Gasteiger partial charge in [-0.15, -0.1) is 0 Å². The fraction of sp³-hybridized carbons (Fsp3) is 0.333. The Morgan fingerprint density at radius 3 is 2.32 bits per heavy atom. The van der Waals surface area contributed by atoms with E-state index >= 15 is 0 Å². The average molecular weight is 336 g/mol. The Morgan fingerprint density at radius 1 is 0.880 bits per heavy atom. The van der Waals surface area contributed by atoms with E-state index in [9.17, 15) is 9.59 Å². The number of amides is 2. The van der Waals surface area contributed by atoms with E-state index in [1.165, 1.54) is 19.3 Å². The Kier molecular flexibility index (Phi) is 5.83. The minimum Gasteiger partial charge on any atom is -0.349 e. The van der Waals surface area contributed by atoms with Crippen molar-refractivity contribution in [3.63, 3.8) is 0 Å². The van der Waals surface area contributed by atoms with Crippen LogP contribution < -0.4 is 10.6 Å². The monoisotopic (exact) mass is 336 g/mol. The standard InChI is InChI=1S/C21H24N2O2/c24-20(15-16-9-3-1-4-10-16)23-19-14-8-7-13-18(19)21(25)22-17-11-5-2-6-12-17/h1,3-4,7-10,13-14,17H,2,5-6,11-12,15H2,(H,22,25)(H,23,24). The zero-order valence-corrected chi connectivity index (χ0v) is 14.3. The molecule has 0 unspecified atom stereocenters. The fourth-order valence-corrected chi connectivity index (χ4v) is 3.28. The van der Waals surface area contributed by atoms with Crippen LogP contribution in [0, 0.1) is 0 Å². The van der Waals surface area contributed by atoms with Gasteiger partial charge in [0.2, 0.25) is 5.91 Å². The second-order valence-electron chi connectivity index (χ2n) is 6.56. The Labute approximate surface area is 148 Å². The van der Waals surface area contributed by atoms with E-state index in [0.717, 1.165) is 18.4 Å². The van der Waals surface area contributed by atoms with Crippen LogP contribution in [-0.2, 0) is 11.2 Å². The number of carbonyl (C=O) groups excluding carboxylic acids is 2. The molecule has 0 aromatic heterocycles. The van der Waals surface area contributed by atoms with Crippen molar-refractivity contribution in [1.82, 2.24) is 5.32 Å². The van der Waals surface area contributed by atoms with Crippen molar-refractivity contribution in [3.8, 4) is 0 Å². The van der Waals surface area contributed by atoms with Gasteiger partial charge >= 0.3 is 0 Å². The van der Waals surface area contributed by atoms with Crippen LogP contribution in [0.3, 0.4) is 0 Å². The number of anilines is 1.